The van der Waals surface area contributed by atoms with Crippen LogP contribution in [0.4, 0.5) is 9.18 Å². The fourth-order valence-electron chi connectivity index (χ4n) is 6.84. The number of aryl methyl sites for hydroxylation is 1. The van der Waals surface area contributed by atoms with E-state index < -0.39 is 11.4 Å². The summed E-state index contributed by atoms with van der Waals surface area (Å²) in [4.78, 5) is 34.4. The quantitative estimate of drug-likeness (QED) is 0.326. The largest absolute Gasteiger partial charge is 0.444 e. The lowest BCUT2D eigenvalue weighted by Gasteiger charge is -2.35. The smallest absolute Gasteiger partial charge is 0.407 e. The minimum absolute atomic E-state index is 0.0129. The Bertz CT molecular complexity index is 1500. The molecule has 1 atom stereocenters. The lowest BCUT2D eigenvalue weighted by Crippen LogP contribution is -2.44. The second-order valence-electron chi connectivity index (χ2n) is 14.1. The van der Waals surface area contributed by atoms with Crippen LogP contribution in [0.25, 0.3) is 16.6 Å². The number of likely N-dealkylation sites (tertiary alicyclic amines) is 1. The number of halogens is 1. The second-order valence-corrected chi connectivity index (χ2v) is 14.1. The van der Waals surface area contributed by atoms with Crippen molar-refractivity contribution in [1.82, 2.24) is 24.7 Å². The molecule has 1 aliphatic carbocycles. The van der Waals surface area contributed by atoms with Crippen molar-refractivity contribution in [1.29, 1.82) is 0 Å². The molecule has 5 rings (SSSR count). The van der Waals surface area contributed by atoms with Gasteiger partial charge in [-0.05, 0) is 122 Å². The molecule has 44 heavy (non-hydrogen) atoms. The molecule has 2 aliphatic rings. The number of hydrogen-bond donors (Lipinski definition) is 1. The van der Waals surface area contributed by atoms with Gasteiger partial charge in [0.25, 0.3) is 5.91 Å². The van der Waals surface area contributed by atoms with Crippen LogP contribution in [0.1, 0.15) is 88.2 Å². The van der Waals surface area contributed by atoms with Gasteiger partial charge in [-0.3, -0.25) is 9.78 Å². The van der Waals surface area contributed by atoms with Crippen molar-refractivity contribution in [2.75, 3.05) is 20.1 Å². The van der Waals surface area contributed by atoms with Crippen LogP contribution in [0.3, 0.4) is 0 Å². The Kier molecular flexibility index (Phi) is 9.35. The number of hydrogen-bond acceptors (Lipinski definition) is 5. The Labute approximate surface area is 260 Å². The Morgan fingerprint density at radius 3 is 2.55 bits per heavy atom. The number of rotatable bonds is 7. The van der Waals surface area contributed by atoms with Gasteiger partial charge in [0, 0.05) is 49.5 Å². The zero-order chi connectivity index (χ0) is 31.8. The van der Waals surface area contributed by atoms with Crippen molar-refractivity contribution in [3.8, 4) is 5.69 Å². The van der Waals surface area contributed by atoms with E-state index in [-0.39, 0.29) is 24.1 Å². The van der Waals surface area contributed by atoms with Crippen LogP contribution in [-0.2, 0) is 11.2 Å². The highest BCUT2D eigenvalue weighted by Crippen LogP contribution is 2.34. The summed E-state index contributed by atoms with van der Waals surface area (Å²) in [5.74, 6) is -0.123. The van der Waals surface area contributed by atoms with Gasteiger partial charge in [-0.1, -0.05) is 0 Å². The van der Waals surface area contributed by atoms with Gasteiger partial charge in [-0.25, -0.2) is 9.18 Å². The molecule has 2 aromatic heterocycles. The molecule has 1 aromatic carbocycles. The summed E-state index contributed by atoms with van der Waals surface area (Å²) in [7, 11) is 1.75. The molecule has 238 valence electrons. The van der Waals surface area contributed by atoms with Crippen LogP contribution in [0.2, 0.25) is 0 Å². The number of carbonyl (C=O) groups is 2. The fourth-order valence-corrected chi connectivity index (χ4v) is 6.84. The summed E-state index contributed by atoms with van der Waals surface area (Å²) in [5, 5.41) is 4.22. The number of ether oxygens (including phenoxy) is 1. The highest BCUT2D eigenvalue weighted by molar-refractivity contribution is 5.99. The molecule has 0 unspecified atom stereocenters. The molecular formula is C35H48FN5O3. The van der Waals surface area contributed by atoms with Crippen molar-refractivity contribution in [3.05, 3.63) is 59.3 Å². The maximum Gasteiger partial charge on any atom is 0.407 e. The predicted molar refractivity (Wildman–Crippen MR) is 172 cm³/mol. The van der Waals surface area contributed by atoms with Crippen molar-refractivity contribution in [2.45, 2.75) is 104 Å². The third kappa shape index (κ3) is 7.09. The van der Waals surface area contributed by atoms with Gasteiger partial charge >= 0.3 is 6.09 Å². The molecule has 8 nitrogen and oxygen atoms in total. The van der Waals surface area contributed by atoms with Crippen molar-refractivity contribution >= 4 is 22.9 Å². The number of carbonyl (C=O) groups excluding carboxylic acids is 2. The van der Waals surface area contributed by atoms with Crippen LogP contribution in [-0.4, -0.2) is 75.2 Å². The molecule has 1 saturated carbocycles. The Hall–Kier alpha value is -3.46. The molecule has 3 aromatic rings. The Balaban J connectivity index is 1.31. The minimum Gasteiger partial charge on any atom is -0.444 e. The van der Waals surface area contributed by atoms with Gasteiger partial charge in [-0.2, -0.15) is 0 Å². The lowest BCUT2D eigenvalue weighted by atomic mass is 9.90. The van der Waals surface area contributed by atoms with E-state index in [4.69, 9.17) is 4.74 Å². The Morgan fingerprint density at radius 1 is 1.14 bits per heavy atom. The van der Waals surface area contributed by atoms with Crippen LogP contribution >= 0.6 is 0 Å². The maximum absolute atomic E-state index is 14.4. The van der Waals surface area contributed by atoms with Crippen LogP contribution in [0, 0.1) is 18.7 Å². The molecule has 2 amide bonds. The van der Waals surface area contributed by atoms with Gasteiger partial charge in [0.15, 0.2) is 0 Å². The average molecular weight is 606 g/mol. The average Bonchev–Trinajstić information content (AvgIpc) is 3.57. The van der Waals surface area contributed by atoms with E-state index in [0.29, 0.717) is 23.2 Å². The van der Waals surface area contributed by atoms with E-state index in [1.807, 2.05) is 51.6 Å². The first-order chi connectivity index (χ1) is 20.8. The molecule has 1 N–H and O–H groups in total. The van der Waals surface area contributed by atoms with Gasteiger partial charge in [0.05, 0.1) is 23.0 Å². The second kappa shape index (κ2) is 12.9. The van der Waals surface area contributed by atoms with E-state index in [0.717, 1.165) is 68.1 Å². The third-order valence-electron chi connectivity index (χ3n) is 9.28. The standard InChI is InChI=1S/C35H48FN5O3/c1-22(2)39(7)33(42)29-17-26(36)8-13-30(29)41-21-25(32-23(3)18-37-19-31(32)41)16-24-14-15-40(20-24)28-11-9-27(10-12-28)38-34(43)44-35(4,5)6/h8,13,17-19,21-22,24,27-28H,9-12,14-16,20H2,1-7H3,(H,38,43)/t24-,27?,28?/m0/s1. The number of aromatic nitrogens is 2. The number of pyridine rings is 1. The molecule has 3 heterocycles. The summed E-state index contributed by atoms with van der Waals surface area (Å²) in [5.41, 5.74) is 3.77. The number of benzene rings is 1. The third-order valence-corrected chi connectivity index (χ3v) is 9.28. The SMILES string of the molecule is Cc1cncc2c1c(C[C@@H]1CCN(C3CCC(NC(=O)OC(C)(C)C)CC3)C1)cn2-c1ccc(F)cc1C(=O)N(C)C(C)C. The molecule has 1 saturated heterocycles. The fraction of sp³-hybridized carbons (Fsp3) is 0.571. The zero-order valence-electron chi connectivity index (χ0n) is 27.3. The molecule has 0 spiro atoms. The number of amides is 2. The lowest BCUT2D eigenvalue weighted by molar-refractivity contribution is 0.0479. The summed E-state index contributed by atoms with van der Waals surface area (Å²) in [6, 6.07) is 5.16. The molecule has 2 fully saturated rings. The van der Waals surface area contributed by atoms with Crippen molar-refractivity contribution in [3.63, 3.8) is 0 Å². The zero-order valence-corrected chi connectivity index (χ0v) is 27.3. The van der Waals surface area contributed by atoms with E-state index in [9.17, 15) is 14.0 Å². The summed E-state index contributed by atoms with van der Waals surface area (Å²) < 4.78 is 21.9. The summed E-state index contributed by atoms with van der Waals surface area (Å²) in [6.45, 7) is 13.8. The number of nitrogens with zero attached hydrogens (tertiary/aromatic N) is 4. The molecule has 9 heteroatoms. The van der Waals surface area contributed by atoms with Crippen LogP contribution in [0.15, 0.2) is 36.8 Å². The van der Waals surface area contributed by atoms with Gasteiger partial charge in [0.1, 0.15) is 11.4 Å². The summed E-state index contributed by atoms with van der Waals surface area (Å²) in [6.07, 6.45) is 11.7. The first kappa shape index (κ1) is 31.9. The number of fused-ring (bicyclic) bond motifs is 1. The van der Waals surface area contributed by atoms with E-state index in [1.54, 1.807) is 18.0 Å². The first-order valence-corrected chi connectivity index (χ1v) is 16.1. The molecular weight excluding hydrogens is 557 g/mol. The summed E-state index contributed by atoms with van der Waals surface area (Å²) >= 11 is 0. The number of alkyl carbamates (subject to hydrolysis) is 1. The van der Waals surface area contributed by atoms with Crippen molar-refractivity contribution < 1.29 is 18.7 Å². The highest BCUT2D eigenvalue weighted by Gasteiger charge is 2.33. The molecule has 1 aliphatic heterocycles. The van der Waals surface area contributed by atoms with Crippen LogP contribution < -0.4 is 5.32 Å². The Morgan fingerprint density at radius 2 is 1.86 bits per heavy atom. The molecule has 0 bridgehead atoms. The van der Waals surface area contributed by atoms with E-state index in [1.165, 1.54) is 17.7 Å². The van der Waals surface area contributed by atoms with Gasteiger partial charge < -0.3 is 24.4 Å². The number of nitrogens with one attached hydrogen (secondary N) is 1. The topological polar surface area (TPSA) is 79.7 Å². The minimum atomic E-state index is -0.490. The van der Waals surface area contributed by atoms with Crippen LogP contribution in [0.5, 0.6) is 0 Å². The highest BCUT2D eigenvalue weighted by atomic mass is 19.1. The van der Waals surface area contributed by atoms with E-state index >= 15 is 0 Å². The van der Waals surface area contributed by atoms with E-state index in [2.05, 4.69) is 28.3 Å². The predicted octanol–water partition coefficient (Wildman–Crippen LogP) is 6.65. The van der Waals surface area contributed by atoms with Crippen molar-refractivity contribution in [2.24, 2.45) is 5.92 Å². The van der Waals surface area contributed by atoms with Gasteiger partial charge in [0.2, 0.25) is 0 Å². The molecule has 0 radical (unpaired) electrons. The normalized spacial score (nSPS) is 21.2. The maximum atomic E-state index is 14.4. The first-order valence-electron chi connectivity index (χ1n) is 16.1. The monoisotopic (exact) mass is 605 g/mol. The van der Waals surface area contributed by atoms with Gasteiger partial charge in [-0.15, -0.1) is 0 Å².